The largest absolute Gasteiger partial charge is 0.227 e. The van der Waals surface area contributed by atoms with E-state index >= 15 is 0 Å². The summed E-state index contributed by atoms with van der Waals surface area (Å²) in [7, 11) is 0. The normalized spacial score (nSPS) is 11.2. The molecular weight excluding hydrogens is 300 g/mol. The van der Waals surface area contributed by atoms with E-state index in [9.17, 15) is 0 Å². The Morgan fingerprint density at radius 2 is 2.00 bits per heavy atom. The van der Waals surface area contributed by atoms with Crippen LogP contribution < -0.4 is 0 Å². The maximum atomic E-state index is 6.40. The van der Waals surface area contributed by atoms with Crippen LogP contribution in [0.5, 0.6) is 0 Å². The molecular formula is C17H17ClN2S. The van der Waals surface area contributed by atoms with E-state index in [0.717, 1.165) is 40.9 Å². The molecule has 1 aromatic carbocycles. The predicted octanol–water partition coefficient (Wildman–Crippen LogP) is 5.53. The van der Waals surface area contributed by atoms with Crippen LogP contribution in [-0.4, -0.2) is 9.97 Å². The minimum Gasteiger partial charge on any atom is -0.227 e. The van der Waals surface area contributed by atoms with Crippen LogP contribution in [0.3, 0.4) is 0 Å². The van der Waals surface area contributed by atoms with Crippen LogP contribution in [0.1, 0.15) is 31.4 Å². The molecule has 0 radical (unpaired) electrons. The first kappa shape index (κ1) is 14.5. The molecule has 2 nitrogen and oxygen atoms in total. The third kappa shape index (κ3) is 2.81. The van der Waals surface area contributed by atoms with Crippen LogP contribution in [0.2, 0.25) is 5.15 Å². The maximum absolute atomic E-state index is 6.40. The van der Waals surface area contributed by atoms with E-state index in [1.54, 1.807) is 11.3 Å². The van der Waals surface area contributed by atoms with Crippen molar-refractivity contribution in [1.29, 1.82) is 0 Å². The highest BCUT2D eigenvalue weighted by molar-refractivity contribution is 7.13. The van der Waals surface area contributed by atoms with E-state index in [1.165, 1.54) is 11.1 Å². The van der Waals surface area contributed by atoms with Crippen LogP contribution in [0.15, 0.2) is 29.6 Å². The van der Waals surface area contributed by atoms with Crippen molar-refractivity contribution in [3.05, 3.63) is 45.9 Å². The van der Waals surface area contributed by atoms with Crippen molar-refractivity contribution < 1.29 is 0 Å². The van der Waals surface area contributed by atoms with Crippen molar-refractivity contribution in [2.75, 3.05) is 0 Å². The number of hydrogen-bond donors (Lipinski definition) is 0. The van der Waals surface area contributed by atoms with Crippen LogP contribution in [0.4, 0.5) is 0 Å². The summed E-state index contributed by atoms with van der Waals surface area (Å²) in [6.07, 6.45) is 3.16. The van der Waals surface area contributed by atoms with Gasteiger partial charge in [0.15, 0.2) is 5.82 Å². The van der Waals surface area contributed by atoms with Crippen molar-refractivity contribution in [1.82, 2.24) is 9.97 Å². The number of benzene rings is 1. The molecule has 21 heavy (non-hydrogen) atoms. The number of halogens is 1. The fourth-order valence-electron chi connectivity index (χ4n) is 2.49. The van der Waals surface area contributed by atoms with Gasteiger partial charge in [-0.2, -0.15) is 0 Å². The smallest absolute Gasteiger partial charge is 0.171 e. The molecule has 0 N–H and O–H groups in total. The highest BCUT2D eigenvalue weighted by Gasteiger charge is 2.12. The van der Waals surface area contributed by atoms with Crippen molar-refractivity contribution in [3.8, 4) is 10.7 Å². The van der Waals surface area contributed by atoms with E-state index < -0.39 is 0 Å². The van der Waals surface area contributed by atoms with Gasteiger partial charge in [0.2, 0.25) is 0 Å². The van der Waals surface area contributed by atoms with Gasteiger partial charge in [0, 0.05) is 5.39 Å². The lowest BCUT2D eigenvalue weighted by Gasteiger charge is -2.06. The quantitative estimate of drug-likeness (QED) is 0.592. The lowest BCUT2D eigenvalue weighted by Crippen LogP contribution is -1.94. The Hall–Kier alpha value is -1.45. The summed E-state index contributed by atoms with van der Waals surface area (Å²) in [5.41, 5.74) is 3.48. The van der Waals surface area contributed by atoms with Crippen LogP contribution in [0.25, 0.3) is 21.6 Å². The van der Waals surface area contributed by atoms with Gasteiger partial charge in [0.05, 0.1) is 10.4 Å². The van der Waals surface area contributed by atoms with Gasteiger partial charge >= 0.3 is 0 Å². The molecule has 0 bridgehead atoms. The van der Waals surface area contributed by atoms with Gasteiger partial charge in [0.1, 0.15) is 5.15 Å². The first-order valence-electron chi connectivity index (χ1n) is 7.25. The molecule has 0 aliphatic rings. The van der Waals surface area contributed by atoms with E-state index in [0.29, 0.717) is 5.15 Å². The number of thiophene rings is 1. The average molecular weight is 317 g/mol. The molecule has 0 aliphatic carbocycles. The third-order valence-electron chi connectivity index (χ3n) is 3.58. The number of rotatable bonds is 4. The van der Waals surface area contributed by atoms with Crippen LogP contribution in [-0.2, 0) is 12.8 Å². The molecule has 0 saturated heterocycles. The predicted molar refractivity (Wildman–Crippen MR) is 91.2 cm³/mol. The molecule has 0 atom stereocenters. The topological polar surface area (TPSA) is 25.8 Å². The minimum atomic E-state index is 0.545. The summed E-state index contributed by atoms with van der Waals surface area (Å²) in [5, 5.41) is 3.57. The number of hydrogen-bond acceptors (Lipinski definition) is 3. The lowest BCUT2D eigenvalue weighted by molar-refractivity contribution is 0.923. The molecule has 0 spiro atoms. The Morgan fingerprint density at radius 3 is 2.76 bits per heavy atom. The van der Waals surface area contributed by atoms with Gasteiger partial charge in [-0.05, 0) is 47.5 Å². The number of aryl methyl sites for hydroxylation is 2. The number of fused-ring (bicyclic) bond motifs is 1. The Kier molecular flexibility index (Phi) is 4.22. The standard InChI is InChI=1S/C17H17ClN2S/c1-3-5-11-6-7-14-13(10-11)16(18)20-17(19-14)15-12(4-2)8-9-21-15/h6-10H,3-5H2,1-2H3. The number of nitrogens with zero attached hydrogens (tertiary/aromatic N) is 2. The Balaban J connectivity index is 2.13. The third-order valence-corrected chi connectivity index (χ3v) is 4.82. The summed E-state index contributed by atoms with van der Waals surface area (Å²) < 4.78 is 0. The first-order chi connectivity index (χ1) is 10.2. The van der Waals surface area contributed by atoms with Crippen molar-refractivity contribution in [3.63, 3.8) is 0 Å². The van der Waals surface area contributed by atoms with Gasteiger partial charge in [-0.3, -0.25) is 0 Å². The Bertz CT molecular complexity index is 780. The van der Waals surface area contributed by atoms with E-state index in [-0.39, 0.29) is 0 Å². The minimum absolute atomic E-state index is 0.545. The second kappa shape index (κ2) is 6.12. The molecule has 0 amide bonds. The molecule has 0 fully saturated rings. The summed E-state index contributed by atoms with van der Waals surface area (Å²) in [5.74, 6) is 0.739. The summed E-state index contributed by atoms with van der Waals surface area (Å²) >= 11 is 8.07. The zero-order valence-corrected chi connectivity index (χ0v) is 13.8. The molecule has 3 rings (SSSR count). The second-order valence-corrected chi connectivity index (χ2v) is 6.34. The summed E-state index contributed by atoms with van der Waals surface area (Å²) in [6, 6.07) is 8.43. The second-order valence-electron chi connectivity index (χ2n) is 5.07. The molecule has 0 saturated carbocycles. The molecule has 0 aliphatic heterocycles. The van der Waals surface area contributed by atoms with Crippen LogP contribution in [0, 0.1) is 0 Å². The van der Waals surface area contributed by atoms with Gasteiger partial charge in [-0.1, -0.05) is 37.9 Å². The fourth-order valence-corrected chi connectivity index (χ4v) is 3.65. The molecule has 4 heteroatoms. The van der Waals surface area contributed by atoms with Crippen LogP contribution >= 0.6 is 22.9 Å². The highest BCUT2D eigenvalue weighted by Crippen LogP contribution is 2.31. The van der Waals surface area contributed by atoms with E-state index in [2.05, 4.69) is 48.5 Å². The molecule has 0 unspecified atom stereocenters. The first-order valence-corrected chi connectivity index (χ1v) is 8.51. The molecule has 2 aromatic heterocycles. The van der Waals surface area contributed by atoms with Gasteiger partial charge in [0.25, 0.3) is 0 Å². The zero-order chi connectivity index (χ0) is 14.8. The lowest BCUT2D eigenvalue weighted by atomic mass is 10.1. The van der Waals surface area contributed by atoms with Crippen molar-refractivity contribution >= 4 is 33.8 Å². The molecule has 108 valence electrons. The van der Waals surface area contributed by atoms with Gasteiger partial charge < -0.3 is 0 Å². The molecule has 2 heterocycles. The zero-order valence-electron chi connectivity index (χ0n) is 12.2. The van der Waals surface area contributed by atoms with Crippen molar-refractivity contribution in [2.24, 2.45) is 0 Å². The summed E-state index contributed by atoms with van der Waals surface area (Å²) in [6.45, 7) is 4.32. The van der Waals surface area contributed by atoms with Gasteiger partial charge in [-0.25, -0.2) is 9.97 Å². The average Bonchev–Trinajstić information content (AvgIpc) is 2.96. The van der Waals surface area contributed by atoms with E-state index in [1.807, 2.05) is 0 Å². The number of aromatic nitrogens is 2. The highest BCUT2D eigenvalue weighted by atomic mass is 35.5. The van der Waals surface area contributed by atoms with Crippen molar-refractivity contribution in [2.45, 2.75) is 33.1 Å². The fraction of sp³-hybridized carbons (Fsp3) is 0.294. The molecule has 3 aromatic rings. The monoisotopic (exact) mass is 316 g/mol. The SMILES string of the molecule is CCCc1ccc2nc(-c3sccc3CC)nc(Cl)c2c1. The Morgan fingerprint density at radius 1 is 1.14 bits per heavy atom. The summed E-state index contributed by atoms with van der Waals surface area (Å²) in [4.78, 5) is 10.3. The Labute approximate surface area is 133 Å². The van der Waals surface area contributed by atoms with E-state index in [4.69, 9.17) is 16.6 Å². The van der Waals surface area contributed by atoms with Gasteiger partial charge in [-0.15, -0.1) is 11.3 Å². The maximum Gasteiger partial charge on any atom is 0.171 e.